The van der Waals surface area contributed by atoms with Crippen molar-refractivity contribution >= 4 is 5.69 Å². The van der Waals surface area contributed by atoms with Crippen molar-refractivity contribution in [1.29, 1.82) is 0 Å². The van der Waals surface area contributed by atoms with Crippen LogP contribution in [-0.4, -0.2) is 23.8 Å². The number of nitrogens with two attached hydrogens (primary N) is 1. The van der Waals surface area contributed by atoms with Gasteiger partial charge in [0, 0.05) is 24.8 Å². The lowest BCUT2D eigenvalue weighted by molar-refractivity contribution is 0.0351. The summed E-state index contributed by atoms with van der Waals surface area (Å²) in [7, 11) is 0. The summed E-state index contributed by atoms with van der Waals surface area (Å²) in [5, 5.41) is 9.95. The molecule has 0 unspecified atom stereocenters. The third-order valence-electron chi connectivity index (χ3n) is 3.66. The van der Waals surface area contributed by atoms with Gasteiger partial charge in [0.1, 0.15) is 5.82 Å². The molecule has 1 fully saturated rings. The highest BCUT2D eigenvalue weighted by Crippen LogP contribution is 2.31. The minimum atomic E-state index is -0.578. The van der Waals surface area contributed by atoms with Crippen LogP contribution in [0.1, 0.15) is 38.3 Å². The van der Waals surface area contributed by atoms with Gasteiger partial charge in [-0.25, -0.2) is 4.39 Å². The molecule has 1 aromatic rings. The first-order chi connectivity index (χ1) is 8.39. The Hall–Kier alpha value is -1.13. The van der Waals surface area contributed by atoms with E-state index in [4.69, 9.17) is 5.73 Å². The van der Waals surface area contributed by atoms with Gasteiger partial charge in [-0.05, 0) is 50.5 Å². The molecule has 4 heteroatoms. The number of aliphatic hydroxyl groups is 1. The van der Waals surface area contributed by atoms with Gasteiger partial charge in [-0.1, -0.05) is 0 Å². The third-order valence-corrected chi connectivity index (χ3v) is 3.66. The molecular weight excluding hydrogens is 231 g/mol. The van der Waals surface area contributed by atoms with Crippen LogP contribution in [0.5, 0.6) is 0 Å². The molecule has 0 aliphatic carbocycles. The summed E-state index contributed by atoms with van der Waals surface area (Å²) < 4.78 is 13.3. The second-order valence-electron chi connectivity index (χ2n) is 5.48. The molecule has 100 valence electrons. The van der Waals surface area contributed by atoms with Crippen LogP contribution in [0.25, 0.3) is 0 Å². The van der Waals surface area contributed by atoms with Gasteiger partial charge in [0.25, 0.3) is 0 Å². The fourth-order valence-electron chi connectivity index (χ4n) is 2.41. The Labute approximate surface area is 107 Å². The van der Waals surface area contributed by atoms with Crippen LogP contribution in [0, 0.1) is 5.82 Å². The van der Waals surface area contributed by atoms with Gasteiger partial charge in [0.15, 0.2) is 0 Å². The Bertz CT molecular complexity index is 422. The van der Waals surface area contributed by atoms with Crippen molar-refractivity contribution in [3.63, 3.8) is 0 Å². The minimum absolute atomic E-state index is 0.196. The quantitative estimate of drug-likeness (QED) is 0.848. The van der Waals surface area contributed by atoms with Crippen LogP contribution in [0.4, 0.5) is 10.1 Å². The number of halogens is 1. The largest absolute Gasteiger partial charge is 0.390 e. The van der Waals surface area contributed by atoms with Crippen molar-refractivity contribution in [1.82, 2.24) is 0 Å². The van der Waals surface area contributed by atoms with Gasteiger partial charge in [0.2, 0.25) is 0 Å². The molecule has 1 heterocycles. The van der Waals surface area contributed by atoms with Crippen molar-refractivity contribution in [2.45, 2.75) is 38.3 Å². The number of anilines is 1. The molecule has 3 N–H and O–H groups in total. The van der Waals surface area contributed by atoms with E-state index in [1.807, 2.05) is 13.8 Å². The third kappa shape index (κ3) is 2.82. The number of hydrogen-bond acceptors (Lipinski definition) is 3. The first kappa shape index (κ1) is 13.3. The molecule has 3 nitrogen and oxygen atoms in total. The van der Waals surface area contributed by atoms with E-state index in [1.165, 1.54) is 12.1 Å². The maximum atomic E-state index is 13.3. The highest BCUT2D eigenvalue weighted by Gasteiger charge is 2.28. The predicted octanol–water partition coefficient (Wildman–Crippen LogP) is 2.20. The predicted molar refractivity (Wildman–Crippen MR) is 71.1 cm³/mol. The zero-order valence-corrected chi connectivity index (χ0v) is 11.0. The summed E-state index contributed by atoms with van der Waals surface area (Å²) >= 11 is 0. The average molecular weight is 252 g/mol. The highest BCUT2D eigenvalue weighted by molar-refractivity contribution is 5.55. The zero-order chi connectivity index (χ0) is 13.3. The van der Waals surface area contributed by atoms with Gasteiger partial charge in [0.05, 0.1) is 5.60 Å². The lowest BCUT2D eigenvalue weighted by Gasteiger charge is -2.38. The molecule has 1 aliphatic rings. The zero-order valence-electron chi connectivity index (χ0n) is 11.0. The van der Waals surface area contributed by atoms with Gasteiger partial charge < -0.3 is 15.7 Å². The van der Waals surface area contributed by atoms with Crippen LogP contribution in [0.3, 0.4) is 0 Å². The Kier molecular flexibility index (Phi) is 3.59. The van der Waals surface area contributed by atoms with Crippen molar-refractivity contribution in [3.05, 3.63) is 29.6 Å². The van der Waals surface area contributed by atoms with E-state index < -0.39 is 5.60 Å². The number of piperidine rings is 1. The summed E-state index contributed by atoms with van der Waals surface area (Å²) in [5.74, 6) is -0.255. The standard InChI is InChI=1S/C14H21FN2O/c1-10(16)12-9-11(15)3-4-13(12)17-7-5-14(2,18)6-8-17/h3-4,9-10,18H,5-8,16H2,1-2H3/t10-/m0/s1. The highest BCUT2D eigenvalue weighted by atomic mass is 19.1. The van der Waals surface area contributed by atoms with E-state index in [1.54, 1.807) is 6.07 Å². The molecule has 1 aromatic carbocycles. The average Bonchev–Trinajstić information content (AvgIpc) is 2.29. The van der Waals surface area contributed by atoms with E-state index in [2.05, 4.69) is 4.90 Å². The van der Waals surface area contributed by atoms with E-state index in [-0.39, 0.29) is 11.9 Å². The number of hydrogen-bond donors (Lipinski definition) is 2. The Morgan fingerprint density at radius 3 is 2.56 bits per heavy atom. The van der Waals surface area contributed by atoms with Crippen LogP contribution < -0.4 is 10.6 Å². The second-order valence-corrected chi connectivity index (χ2v) is 5.48. The topological polar surface area (TPSA) is 49.5 Å². The number of rotatable bonds is 2. The maximum absolute atomic E-state index is 13.3. The molecule has 0 spiro atoms. The Balaban J connectivity index is 2.24. The summed E-state index contributed by atoms with van der Waals surface area (Å²) in [6.45, 7) is 5.27. The number of nitrogens with zero attached hydrogens (tertiary/aromatic N) is 1. The van der Waals surface area contributed by atoms with Crippen LogP contribution >= 0.6 is 0 Å². The van der Waals surface area contributed by atoms with Crippen molar-refractivity contribution in [3.8, 4) is 0 Å². The van der Waals surface area contributed by atoms with Crippen LogP contribution in [-0.2, 0) is 0 Å². The molecule has 0 radical (unpaired) electrons. The summed E-state index contributed by atoms with van der Waals surface area (Å²) in [5.41, 5.74) is 7.14. The minimum Gasteiger partial charge on any atom is -0.390 e. The van der Waals surface area contributed by atoms with E-state index in [0.29, 0.717) is 0 Å². The maximum Gasteiger partial charge on any atom is 0.123 e. The molecule has 2 rings (SSSR count). The number of benzene rings is 1. The van der Waals surface area contributed by atoms with Crippen LogP contribution in [0.15, 0.2) is 18.2 Å². The molecule has 1 aliphatic heterocycles. The molecular formula is C14H21FN2O. The smallest absolute Gasteiger partial charge is 0.123 e. The molecule has 18 heavy (non-hydrogen) atoms. The van der Waals surface area contributed by atoms with Gasteiger partial charge >= 0.3 is 0 Å². The molecule has 1 atom stereocenters. The molecule has 0 saturated carbocycles. The molecule has 1 saturated heterocycles. The van der Waals surface area contributed by atoms with Crippen molar-refractivity contribution < 1.29 is 9.50 Å². The fourth-order valence-corrected chi connectivity index (χ4v) is 2.41. The first-order valence-corrected chi connectivity index (χ1v) is 6.41. The van der Waals surface area contributed by atoms with Crippen molar-refractivity contribution in [2.75, 3.05) is 18.0 Å². The second kappa shape index (κ2) is 4.86. The van der Waals surface area contributed by atoms with E-state index in [9.17, 15) is 9.50 Å². The van der Waals surface area contributed by atoms with Gasteiger partial charge in [-0.2, -0.15) is 0 Å². The van der Waals surface area contributed by atoms with Gasteiger partial charge in [-0.3, -0.25) is 0 Å². The Morgan fingerprint density at radius 2 is 2.00 bits per heavy atom. The van der Waals surface area contributed by atoms with E-state index in [0.717, 1.165) is 37.2 Å². The normalized spacial score (nSPS) is 20.8. The SMILES string of the molecule is C[C@H](N)c1cc(F)ccc1N1CCC(C)(O)CC1. The lowest BCUT2D eigenvalue weighted by atomic mass is 9.92. The molecule has 0 bridgehead atoms. The van der Waals surface area contributed by atoms with Crippen molar-refractivity contribution in [2.24, 2.45) is 5.73 Å². The first-order valence-electron chi connectivity index (χ1n) is 6.41. The summed E-state index contributed by atoms with van der Waals surface area (Å²) in [6.07, 6.45) is 1.45. The lowest BCUT2D eigenvalue weighted by Crippen LogP contribution is -2.43. The summed E-state index contributed by atoms with van der Waals surface area (Å²) in [6, 6.07) is 4.56. The Morgan fingerprint density at radius 1 is 1.39 bits per heavy atom. The summed E-state index contributed by atoms with van der Waals surface area (Å²) in [4.78, 5) is 2.18. The molecule has 0 aromatic heterocycles. The van der Waals surface area contributed by atoms with Crippen LogP contribution in [0.2, 0.25) is 0 Å². The van der Waals surface area contributed by atoms with E-state index >= 15 is 0 Å². The monoisotopic (exact) mass is 252 g/mol. The fraction of sp³-hybridized carbons (Fsp3) is 0.571. The molecule has 0 amide bonds. The van der Waals surface area contributed by atoms with Gasteiger partial charge in [-0.15, -0.1) is 0 Å².